The highest BCUT2D eigenvalue weighted by Crippen LogP contribution is 2.40. The first-order chi connectivity index (χ1) is 42.0. The number of hydrogen-bond acceptors (Lipinski definition) is 16. The maximum absolute atomic E-state index is 12.5. The first-order valence-corrected chi connectivity index (χ1v) is 32.7. The first-order valence-electron chi connectivity index (χ1n) is 31.8. The molecule has 7 aromatic rings. The lowest BCUT2D eigenvalue weighted by Crippen LogP contribution is -2.63. The molecular weight excluding hydrogens is 1120 g/mol. The van der Waals surface area contributed by atoms with Gasteiger partial charge in [0, 0.05) is 98.1 Å². The summed E-state index contributed by atoms with van der Waals surface area (Å²) >= 11 is 1.54. The molecule has 3 aromatic carbocycles. The summed E-state index contributed by atoms with van der Waals surface area (Å²) in [6.07, 6.45) is 16.1. The maximum atomic E-state index is 12.5. The molecule has 6 aliphatic rings. The van der Waals surface area contributed by atoms with Crippen LogP contribution in [0.25, 0.3) is 32.7 Å². The molecule has 3 saturated carbocycles. The van der Waals surface area contributed by atoms with Crippen molar-refractivity contribution in [2.75, 3.05) is 74.9 Å². The third kappa shape index (κ3) is 15.1. The van der Waals surface area contributed by atoms with E-state index in [1.54, 1.807) is 13.1 Å². The van der Waals surface area contributed by atoms with Crippen LogP contribution >= 0.6 is 11.3 Å². The van der Waals surface area contributed by atoms with Gasteiger partial charge >= 0.3 is 0 Å². The molecule has 3 saturated heterocycles. The van der Waals surface area contributed by atoms with Crippen molar-refractivity contribution in [2.24, 2.45) is 18.9 Å². The van der Waals surface area contributed by atoms with Gasteiger partial charge in [0.1, 0.15) is 16.4 Å². The van der Waals surface area contributed by atoms with Crippen LogP contribution in [-0.2, 0) is 31.8 Å². The quantitative estimate of drug-likeness (QED) is 0.0400. The highest BCUT2D eigenvalue weighted by Gasteiger charge is 2.42. The van der Waals surface area contributed by atoms with E-state index < -0.39 is 5.60 Å². The Morgan fingerprint density at radius 2 is 1.03 bits per heavy atom. The number of aromatic amines is 2. The zero-order valence-corrected chi connectivity index (χ0v) is 52.4. The number of amides is 3. The number of aliphatic hydroxyl groups is 1. The highest BCUT2D eigenvalue weighted by molar-refractivity contribution is 7.09. The molecule has 6 fully saturated rings. The number of benzene rings is 3. The monoisotopic (exact) mass is 1210 g/mol. The van der Waals surface area contributed by atoms with Crippen LogP contribution in [0.2, 0.25) is 0 Å². The Bertz CT molecular complexity index is 3460. The SMILES string of the molecule is CC(=O)C1CCC(N2CC(NC(=O)CNc3n[nH]c4ccc(C)cc34)C2)CC1.CCC1CCC(N2CC(NC(=O)CNc3n[nH]c4ccc(C)cc34)C2)CC1.Cc1ccc2c(c1)c(NCC(=O)NC1CN(C3CCC(O)(c4nccs4)CC3)C1)nn2C. The third-order valence-corrected chi connectivity index (χ3v) is 20.3. The normalized spacial score (nSPS) is 23.9. The molecule has 466 valence electrons. The van der Waals surface area contributed by atoms with Gasteiger partial charge in [0.15, 0.2) is 17.5 Å². The van der Waals surface area contributed by atoms with Crippen LogP contribution in [-0.4, -0.2) is 174 Å². The third-order valence-electron chi connectivity index (χ3n) is 19.3. The van der Waals surface area contributed by atoms with Gasteiger partial charge in [-0.3, -0.25) is 48.8 Å². The van der Waals surface area contributed by atoms with Gasteiger partial charge in [-0.1, -0.05) is 48.2 Å². The van der Waals surface area contributed by atoms with E-state index in [0.29, 0.717) is 29.7 Å². The molecule has 3 aliphatic carbocycles. The zero-order chi connectivity index (χ0) is 60.8. The lowest BCUT2D eigenvalue weighted by Gasteiger charge is -2.47. The van der Waals surface area contributed by atoms with E-state index in [1.807, 2.05) is 48.3 Å². The van der Waals surface area contributed by atoms with Crippen LogP contribution in [0.3, 0.4) is 0 Å². The van der Waals surface area contributed by atoms with Crippen molar-refractivity contribution in [2.45, 2.75) is 160 Å². The summed E-state index contributed by atoms with van der Waals surface area (Å²) in [7, 11) is 1.91. The number of aromatic nitrogens is 7. The number of nitrogens with zero attached hydrogens (tertiary/aromatic N) is 8. The Labute approximate surface area is 514 Å². The van der Waals surface area contributed by atoms with Crippen molar-refractivity contribution < 1.29 is 24.3 Å². The Kier molecular flexibility index (Phi) is 19.6. The van der Waals surface area contributed by atoms with Gasteiger partial charge in [0.2, 0.25) is 17.7 Å². The fraction of sp³-hybridized carbons (Fsp3) is 0.569. The fourth-order valence-corrected chi connectivity index (χ4v) is 14.7. The summed E-state index contributed by atoms with van der Waals surface area (Å²) in [6, 6.07) is 20.9. The number of fused-ring (bicyclic) bond motifs is 3. The van der Waals surface area contributed by atoms with Crippen LogP contribution in [0.4, 0.5) is 17.5 Å². The van der Waals surface area contributed by atoms with E-state index in [4.69, 9.17) is 0 Å². The predicted octanol–water partition coefficient (Wildman–Crippen LogP) is 7.66. The van der Waals surface area contributed by atoms with Crippen molar-refractivity contribution in [3.8, 4) is 0 Å². The number of hydrogen-bond donors (Lipinski definition) is 9. The molecule has 0 bridgehead atoms. The molecule has 13 rings (SSSR count). The fourth-order valence-electron chi connectivity index (χ4n) is 13.9. The lowest BCUT2D eigenvalue weighted by atomic mass is 9.81. The number of Topliss-reactive ketones (excluding diaryl/α,β-unsaturated/α-hetero) is 1. The average Bonchev–Trinajstić information content (AvgIpc) is 3.77. The molecule has 7 heterocycles. The maximum Gasteiger partial charge on any atom is 0.239 e. The van der Waals surface area contributed by atoms with E-state index >= 15 is 0 Å². The Morgan fingerprint density at radius 1 is 0.598 bits per heavy atom. The molecule has 0 unspecified atom stereocenters. The molecule has 3 amide bonds. The smallest absolute Gasteiger partial charge is 0.239 e. The van der Waals surface area contributed by atoms with Gasteiger partial charge < -0.3 is 37.0 Å². The topological polar surface area (TPSA) is 258 Å². The number of anilines is 3. The molecule has 0 atom stereocenters. The standard InChI is InChI=1S/C23H30N6O2S.C21H29N5O2.C21H31N5O/c1-15-3-4-19-18(11-15)21(27-28(19)2)25-12-20(30)26-16-13-29(14-16)17-5-7-23(31,8-6-17)22-24-9-10-32-22;1-13-3-8-19-18(9-13)21(25-24-19)22-10-20(28)23-16-11-26(12-16)17-6-4-15(5-7-17)14(2)27;1-3-15-5-7-17(8-6-15)26-12-16(13-26)23-20(27)11-22-21-18-10-14(2)4-9-19(18)24-25-21/h3-4,9-11,16-17,31H,5-8,12-14H2,1-2H3,(H,25,27)(H,26,30);3,8-9,15-17H,4-7,10-12H2,1-2H3,(H,23,28)(H2,22,24,25);4,9-10,15-17H,3,5-8,11-13H2,1-2H3,(H,23,27)(H2,22,24,25). The molecule has 0 radical (unpaired) electrons. The molecule has 87 heavy (non-hydrogen) atoms. The second-order valence-corrected chi connectivity index (χ2v) is 26.6. The summed E-state index contributed by atoms with van der Waals surface area (Å²) in [5, 5.41) is 54.6. The van der Waals surface area contributed by atoms with Crippen molar-refractivity contribution in [1.29, 1.82) is 0 Å². The molecule has 4 aromatic heterocycles. The van der Waals surface area contributed by atoms with Crippen molar-refractivity contribution in [3.05, 3.63) is 87.9 Å². The molecule has 0 spiro atoms. The summed E-state index contributed by atoms with van der Waals surface area (Å²) < 4.78 is 1.83. The van der Waals surface area contributed by atoms with Gasteiger partial charge in [0.05, 0.1) is 54.3 Å². The van der Waals surface area contributed by atoms with Gasteiger partial charge in [-0.25, -0.2) is 4.98 Å². The number of carbonyl (C=O) groups excluding carboxylic acids is 4. The van der Waals surface area contributed by atoms with Crippen molar-refractivity contribution in [3.63, 3.8) is 0 Å². The largest absolute Gasteiger partial charge is 0.383 e. The van der Waals surface area contributed by atoms with Gasteiger partial charge in [-0.05, 0) is 147 Å². The number of carbonyl (C=O) groups is 4. The summed E-state index contributed by atoms with van der Waals surface area (Å²) in [5.74, 6) is 3.76. The lowest BCUT2D eigenvalue weighted by molar-refractivity contribution is -0.123. The molecule has 9 N–H and O–H groups in total. The number of H-pyrrole nitrogens is 2. The van der Waals surface area contributed by atoms with E-state index in [-0.39, 0.29) is 55.4 Å². The minimum atomic E-state index is -0.761. The molecule has 22 heteroatoms. The van der Waals surface area contributed by atoms with Gasteiger partial charge in [-0.15, -0.1) is 11.3 Å². The molecule has 3 aliphatic heterocycles. The number of aryl methyl sites for hydroxylation is 4. The number of thiazole rings is 1. The van der Waals surface area contributed by atoms with E-state index in [2.05, 4.69) is 128 Å². The minimum absolute atomic E-state index is 0.00580. The number of ketones is 1. The van der Waals surface area contributed by atoms with Crippen LogP contribution in [0.15, 0.2) is 66.2 Å². The van der Waals surface area contributed by atoms with Crippen molar-refractivity contribution in [1.82, 2.24) is 65.8 Å². The van der Waals surface area contributed by atoms with E-state index in [0.717, 1.165) is 158 Å². The second-order valence-electron chi connectivity index (χ2n) is 25.7. The van der Waals surface area contributed by atoms with Crippen LogP contribution < -0.4 is 31.9 Å². The summed E-state index contributed by atoms with van der Waals surface area (Å²) in [5.41, 5.74) is 5.73. The predicted molar refractivity (Wildman–Crippen MR) is 344 cm³/mol. The van der Waals surface area contributed by atoms with Crippen LogP contribution in [0, 0.1) is 32.6 Å². The Balaban J connectivity index is 0.000000136. The molecule has 21 nitrogen and oxygen atoms in total. The van der Waals surface area contributed by atoms with Gasteiger partial charge in [-0.2, -0.15) is 15.3 Å². The average molecular weight is 1210 g/mol. The number of likely N-dealkylation sites (tertiary alicyclic amines) is 3. The highest BCUT2D eigenvalue weighted by atomic mass is 32.1. The van der Waals surface area contributed by atoms with E-state index in [1.165, 1.54) is 54.6 Å². The first kappa shape index (κ1) is 61.7. The molecular formula is C65H90N16O5S. The van der Waals surface area contributed by atoms with Gasteiger partial charge in [0.25, 0.3) is 0 Å². The van der Waals surface area contributed by atoms with Crippen LogP contribution in [0.1, 0.15) is 119 Å². The second kappa shape index (κ2) is 27.6. The summed E-state index contributed by atoms with van der Waals surface area (Å²) in [6.45, 7) is 16.4. The Morgan fingerprint density at radius 3 is 1.48 bits per heavy atom. The number of rotatable bonds is 18. The zero-order valence-electron chi connectivity index (χ0n) is 51.6. The van der Waals surface area contributed by atoms with Crippen LogP contribution in [0.5, 0.6) is 0 Å². The number of nitrogens with one attached hydrogen (secondary N) is 8. The minimum Gasteiger partial charge on any atom is -0.383 e. The van der Waals surface area contributed by atoms with E-state index in [9.17, 15) is 24.3 Å². The summed E-state index contributed by atoms with van der Waals surface area (Å²) in [4.78, 5) is 60.3. The van der Waals surface area contributed by atoms with Crippen molar-refractivity contribution >= 4 is 85.0 Å². The Hall–Kier alpha value is -6.98.